The number of para-hydroxylation sites is 1. The fourth-order valence-electron chi connectivity index (χ4n) is 8.96. The molecule has 0 amide bonds. The fourth-order valence-corrected chi connectivity index (χ4v) is 8.96. The van der Waals surface area contributed by atoms with E-state index in [1.54, 1.807) is 13.8 Å². The van der Waals surface area contributed by atoms with Crippen LogP contribution < -0.4 is 0 Å². The lowest BCUT2D eigenvalue weighted by atomic mass is 10.1. The van der Waals surface area contributed by atoms with E-state index in [-0.39, 0.29) is 11.4 Å². The Kier molecular flexibility index (Phi) is 27.0. The molecule has 0 atom stereocenters. The molecule has 0 bridgehead atoms. The molecule has 0 saturated carbocycles. The van der Waals surface area contributed by atoms with Crippen molar-refractivity contribution in [3.63, 3.8) is 0 Å². The third-order valence-corrected chi connectivity index (χ3v) is 13.8. The molecule has 0 aliphatic heterocycles. The van der Waals surface area contributed by atoms with Crippen molar-refractivity contribution in [3.05, 3.63) is 304 Å². The third-order valence-electron chi connectivity index (χ3n) is 13.8. The van der Waals surface area contributed by atoms with Crippen molar-refractivity contribution in [3.8, 4) is 50.9 Å². The molecular formula is C77H83F3N10O3. The Morgan fingerprint density at radius 1 is 0.355 bits per heavy atom. The van der Waals surface area contributed by atoms with E-state index in [2.05, 4.69) is 145 Å². The number of alkyl halides is 3. The monoisotopic (exact) mass is 1250 g/mol. The quantitative estimate of drug-likeness (QED) is 0.162. The number of nitrogens with zero attached hydrogens (tertiary/aromatic N) is 10. The van der Waals surface area contributed by atoms with Gasteiger partial charge in [-0.25, -0.2) is 0 Å². The van der Waals surface area contributed by atoms with Crippen LogP contribution in [0.4, 0.5) is 13.2 Å². The molecule has 11 aromatic heterocycles. The molecule has 0 aliphatic carbocycles. The van der Waals surface area contributed by atoms with Gasteiger partial charge >= 0.3 is 6.30 Å². The number of rotatable bonds is 5. The third kappa shape index (κ3) is 23.6. The molecule has 16 heteroatoms. The SMILES string of the molecule is Cc1cc(-c2ccccc2)oc1C.Cc1ccc(-c2cc(C)ccn2)nc1.Cc1ccc(-c2ccnc(C)c2)nc1.Cc1ccc(-c2cncc(C)c2)nc1.Cc1ccc(C)n1-c1ccccc1.Cc1ccc(C)n1C(F)(F)F.Cc1ccc(C)o1.Cc1nnc(C)o1. The van der Waals surface area contributed by atoms with Crippen molar-refractivity contribution in [2.24, 2.45) is 0 Å². The molecular weight excluding hydrogens is 1170 g/mol. The molecule has 0 N–H and O–H groups in total. The molecule has 0 radical (unpaired) electrons. The number of halogens is 3. The highest BCUT2D eigenvalue weighted by molar-refractivity contribution is 5.60. The van der Waals surface area contributed by atoms with Crippen molar-refractivity contribution in [1.29, 1.82) is 0 Å². The first-order valence-corrected chi connectivity index (χ1v) is 30.2. The van der Waals surface area contributed by atoms with Crippen LogP contribution in [0.2, 0.25) is 0 Å². The first-order valence-electron chi connectivity index (χ1n) is 30.2. The van der Waals surface area contributed by atoms with E-state index >= 15 is 0 Å². The summed E-state index contributed by atoms with van der Waals surface area (Å²) in [5.41, 5.74) is 19.5. The standard InChI is InChI=1S/3C12H12N2.C12H13N.C12H12O.C7H8F3N.C6H8O.C4H6N2O/c1-9-3-4-12(14-7-9)11-5-10(2)6-13-8-11;1-9-5-6-13-12(7-9)11-4-3-10(2)8-14-11;1-9-3-4-12(14-8-9)11-5-6-13-10(2)7-11;1-10-8-9-11(2)13(10)12-6-4-3-5-7-12;1-9-8-12(13-10(9)2)11-6-4-3-5-7-11;1-5-3-4-6(2)11(5)7(8,9)10;1-5-3-4-6(2)7-5;1-3-5-6-4(2)7-3/h3*3-8H,1-2H3;3-9H,1-2H3;3-8H,1-2H3;3-4H,1-2H3;3-4H,1-2H3;1-2H3. The topological polar surface area (TPSA) is 152 Å². The van der Waals surface area contributed by atoms with Crippen LogP contribution in [-0.4, -0.2) is 49.2 Å². The molecule has 13 nitrogen and oxygen atoms in total. The van der Waals surface area contributed by atoms with Gasteiger partial charge in [0.1, 0.15) is 23.0 Å². The van der Waals surface area contributed by atoms with Crippen molar-refractivity contribution >= 4 is 0 Å². The summed E-state index contributed by atoms with van der Waals surface area (Å²) in [5.74, 6) is 5.17. The number of benzene rings is 2. The molecule has 13 aromatic rings. The first kappa shape index (κ1) is 71.5. The van der Waals surface area contributed by atoms with Crippen LogP contribution in [0, 0.1) is 111 Å². The van der Waals surface area contributed by atoms with E-state index in [0.717, 1.165) is 73.8 Å². The van der Waals surface area contributed by atoms with Crippen LogP contribution >= 0.6 is 0 Å². The van der Waals surface area contributed by atoms with E-state index in [9.17, 15) is 13.2 Å². The highest BCUT2D eigenvalue weighted by Gasteiger charge is 2.32. The maximum Gasteiger partial charge on any atom is 0.488 e. The van der Waals surface area contributed by atoms with Gasteiger partial charge < -0.3 is 17.8 Å². The van der Waals surface area contributed by atoms with Gasteiger partial charge in [0, 0.05) is 108 Å². The van der Waals surface area contributed by atoms with E-state index in [4.69, 9.17) is 13.3 Å². The second kappa shape index (κ2) is 35.1. The summed E-state index contributed by atoms with van der Waals surface area (Å²) >= 11 is 0. The molecule has 13 rings (SSSR count). The summed E-state index contributed by atoms with van der Waals surface area (Å²) in [6.45, 7) is 30.7. The van der Waals surface area contributed by atoms with Crippen LogP contribution in [0.25, 0.3) is 50.9 Å². The molecule has 0 spiro atoms. The van der Waals surface area contributed by atoms with Crippen molar-refractivity contribution in [2.45, 2.75) is 117 Å². The highest BCUT2D eigenvalue weighted by atomic mass is 19.4. The number of hydrogen-bond acceptors (Lipinski definition) is 11. The molecule has 0 saturated heterocycles. The van der Waals surface area contributed by atoms with E-state index in [0.29, 0.717) is 16.3 Å². The second-order valence-corrected chi connectivity index (χ2v) is 22.2. The lowest BCUT2D eigenvalue weighted by Crippen LogP contribution is -2.19. The average Bonchev–Trinajstić information content (AvgIpc) is 1.91. The maximum absolute atomic E-state index is 12.1. The second-order valence-electron chi connectivity index (χ2n) is 22.2. The minimum absolute atomic E-state index is 0.218. The summed E-state index contributed by atoms with van der Waals surface area (Å²) < 4.78 is 54.5. The van der Waals surface area contributed by atoms with Gasteiger partial charge in [0.05, 0.1) is 22.8 Å². The molecule has 0 fully saturated rings. The molecule has 11 heterocycles. The smallest absolute Gasteiger partial charge is 0.467 e. The summed E-state index contributed by atoms with van der Waals surface area (Å²) in [4.78, 5) is 25.6. The predicted molar refractivity (Wildman–Crippen MR) is 367 cm³/mol. The van der Waals surface area contributed by atoms with Crippen LogP contribution in [0.1, 0.15) is 90.9 Å². The summed E-state index contributed by atoms with van der Waals surface area (Å²) in [6.07, 6.45) is 8.64. The Morgan fingerprint density at radius 3 is 1.28 bits per heavy atom. The number of aromatic nitrogens is 10. The van der Waals surface area contributed by atoms with Crippen molar-refractivity contribution in [2.75, 3.05) is 0 Å². The number of hydrogen-bond donors (Lipinski definition) is 0. The van der Waals surface area contributed by atoms with E-state index in [1.807, 2.05) is 184 Å². The van der Waals surface area contributed by atoms with E-state index < -0.39 is 6.30 Å². The van der Waals surface area contributed by atoms with Crippen molar-refractivity contribution in [1.82, 2.24) is 49.2 Å². The normalized spacial score (nSPS) is 10.3. The molecule has 0 unspecified atom stereocenters. The summed E-state index contributed by atoms with van der Waals surface area (Å²) in [7, 11) is 0. The molecule has 93 heavy (non-hydrogen) atoms. The zero-order valence-corrected chi connectivity index (χ0v) is 56.0. The largest absolute Gasteiger partial charge is 0.488 e. The average molecular weight is 1250 g/mol. The Bertz CT molecular complexity index is 3980. The van der Waals surface area contributed by atoms with Crippen LogP contribution in [0.5, 0.6) is 0 Å². The zero-order chi connectivity index (χ0) is 67.6. The number of aryl methyl sites for hydroxylation is 16. The molecule has 0 aliphatic rings. The van der Waals surface area contributed by atoms with Gasteiger partial charge in [-0.15, -0.1) is 23.4 Å². The Hall–Kier alpha value is -10.6. The highest BCUT2D eigenvalue weighted by Crippen LogP contribution is 2.27. The fraction of sp³-hybridized carbons (Fsp3) is 0.221. The van der Waals surface area contributed by atoms with Gasteiger partial charge in [-0.3, -0.25) is 34.5 Å². The lowest BCUT2D eigenvalue weighted by Gasteiger charge is -2.12. The first-order chi connectivity index (χ1) is 44.3. The maximum atomic E-state index is 12.1. The number of pyridine rings is 6. The minimum Gasteiger partial charge on any atom is -0.467 e. The van der Waals surface area contributed by atoms with Crippen molar-refractivity contribution < 1.29 is 26.4 Å². The summed E-state index contributed by atoms with van der Waals surface area (Å²) in [5, 5.41) is 7.20. The van der Waals surface area contributed by atoms with Crippen LogP contribution in [0.3, 0.4) is 0 Å². The van der Waals surface area contributed by atoms with Gasteiger partial charge in [0.15, 0.2) is 0 Å². The van der Waals surface area contributed by atoms with Gasteiger partial charge in [0.2, 0.25) is 11.8 Å². The minimum atomic E-state index is -4.28. The molecule has 2 aromatic carbocycles. The predicted octanol–water partition coefficient (Wildman–Crippen LogP) is 20.1. The van der Waals surface area contributed by atoms with Gasteiger partial charge in [-0.05, 0) is 233 Å². The zero-order valence-electron chi connectivity index (χ0n) is 56.0. The Balaban J connectivity index is 0.000000170. The van der Waals surface area contributed by atoms with Crippen LogP contribution in [-0.2, 0) is 6.30 Å². The van der Waals surface area contributed by atoms with Gasteiger partial charge in [0.25, 0.3) is 0 Å². The van der Waals surface area contributed by atoms with Gasteiger partial charge in [-0.2, -0.15) is 0 Å². The lowest BCUT2D eigenvalue weighted by molar-refractivity contribution is -0.205. The van der Waals surface area contributed by atoms with Crippen LogP contribution in [0.15, 0.2) is 226 Å². The van der Waals surface area contributed by atoms with E-state index in [1.165, 1.54) is 70.9 Å². The molecule has 480 valence electrons. The number of furan rings is 2. The van der Waals surface area contributed by atoms with Gasteiger partial charge in [-0.1, -0.05) is 66.7 Å². The Labute approximate surface area is 545 Å². The summed E-state index contributed by atoms with van der Waals surface area (Å²) in [6, 6.07) is 56.1. The Morgan fingerprint density at radius 2 is 0.860 bits per heavy atom.